The van der Waals surface area contributed by atoms with E-state index in [2.05, 4.69) is 10.3 Å². The fourth-order valence-corrected chi connectivity index (χ4v) is 4.43. The second kappa shape index (κ2) is 9.09. The monoisotopic (exact) mass is 448 g/mol. The Morgan fingerprint density at radius 2 is 1.97 bits per heavy atom. The first-order chi connectivity index (χ1) is 16.2. The van der Waals surface area contributed by atoms with Crippen LogP contribution < -0.4 is 14.8 Å². The first-order valence-electron chi connectivity index (χ1n) is 11.3. The Morgan fingerprint density at radius 1 is 1.12 bits per heavy atom. The van der Waals surface area contributed by atoms with E-state index >= 15 is 0 Å². The Bertz CT molecular complexity index is 1250. The van der Waals surface area contributed by atoms with E-state index in [4.69, 9.17) is 29.0 Å². The van der Waals surface area contributed by atoms with Gasteiger partial charge in [0.15, 0.2) is 11.5 Å². The molecule has 0 saturated heterocycles. The Morgan fingerprint density at radius 3 is 2.70 bits per heavy atom. The van der Waals surface area contributed by atoms with E-state index in [0.717, 1.165) is 46.9 Å². The molecule has 3 aromatic heterocycles. The van der Waals surface area contributed by atoms with Crippen molar-refractivity contribution in [3.05, 3.63) is 47.6 Å². The van der Waals surface area contributed by atoms with Gasteiger partial charge < -0.3 is 19.2 Å². The second-order valence-corrected chi connectivity index (χ2v) is 8.32. The molecule has 1 aliphatic rings. The number of oxazole rings is 1. The van der Waals surface area contributed by atoms with Crippen molar-refractivity contribution in [3.8, 4) is 23.1 Å². The molecule has 1 fully saturated rings. The summed E-state index contributed by atoms with van der Waals surface area (Å²) in [7, 11) is 3.29. The summed E-state index contributed by atoms with van der Waals surface area (Å²) >= 11 is 0. The molecule has 0 spiro atoms. The van der Waals surface area contributed by atoms with Gasteiger partial charge in [0.1, 0.15) is 23.5 Å². The first-order valence-corrected chi connectivity index (χ1v) is 11.3. The lowest BCUT2D eigenvalue weighted by Gasteiger charge is -2.18. The molecule has 0 radical (unpaired) electrons. The van der Waals surface area contributed by atoms with E-state index < -0.39 is 0 Å². The number of rotatable bonds is 7. The van der Waals surface area contributed by atoms with Gasteiger partial charge in [0, 0.05) is 29.7 Å². The smallest absolute Gasteiger partial charge is 0.245 e. The highest BCUT2D eigenvalue weighted by Gasteiger charge is 2.24. The summed E-state index contributed by atoms with van der Waals surface area (Å²) in [5, 5.41) is 8.30. The lowest BCUT2D eigenvalue weighted by atomic mass is 9.89. The molecule has 172 valence electrons. The molecular weight excluding hydrogens is 420 g/mol. The average molecular weight is 449 g/mol. The highest BCUT2D eigenvalue weighted by atomic mass is 16.5. The third kappa shape index (κ3) is 4.10. The normalized spacial score (nSPS) is 14.5. The Hall–Kier alpha value is -3.62. The van der Waals surface area contributed by atoms with Crippen LogP contribution in [0.25, 0.3) is 17.2 Å². The topological polar surface area (TPSA) is 99.6 Å². The number of hydrogen-bond acceptors (Lipinski definition) is 8. The van der Waals surface area contributed by atoms with Crippen molar-refractivity contribution in [1.29, 1.82) is 0 Å². The van der Waals surface area contributed by atoms with Crippen molar-refractivity contribution >= 4 is 11.6 Å². The lowest BCUT2D eigenvalue weighted by Crippen LogP contribution is -2.11. The van der Waals surface area contributed by atoms with Crippen LogP contribution in [0.4, 0.5) is 5.95 Å². The quantitative estimate of drug-likeness (QED) is 0.432. The minimum Gasteiger partial charge on any atom is -0.497 e. The minimum atomic E-state index is 0.387. The molecule has 0 unspecified atom stereocenters. The van der Waals surface area contributed by atoms with Crippen LogP contribution in [0.3, 0.4) is 0 Å². The van der Waals surface area contributed by atoms with Crippen LogP contribution in [-0.2, 0) is 6.54 Å². The average Bonchev–Trinajstić information content (AvgIpc) is 3.55. The van der Waals surface area contributed by atoms with Crippen LogP contribution in [0.5, 0.6) is 11.5 Å². The van der Waals surface area contributed by atoms with Crippen molar-refractivity contribution < 1.29 is 13.9 Å². The van der Waals surface area contributed by atoms with E-state index in [1.165, 1.54) is 19.3 Å². The van der Waals surface area contributed by atoms with Gasteiger partial charge in [-0.2, -0.15) is 4.52 Å². The molecule has 1 aromatic carbocycles. The number of methoxy groups -OCH3 is 2. The van der Waals surface area contributed by atoms with E-state index in [0.29, 0.717) is 30.0 Å². The van der Waals surface area contributed by atoms with E-state index in [9.17, 15) is 0 Å². The maximum Gasteiger partial charge on any atom is 0.245 e. The van der Waals surface area contributed by atoms with E-state index in [1.807, 2.05) is 29.6 Å². The highest BCUT2D eigenvalue weighted by molar-refractivity contribution is 5.66. The largest absolute Gasteiger partial charge is 0.497 e. The number of anilines is 1. The van der Waals surface area contributed by atoms with Gasteiger partial charge in [-0.1, -0.05) is 19.3 Å². The van der Waals surface area contributed by atoms with Crippen molar-refractivity contribution in [2.75, 3.05) is 19.5 Å². The van der Waals surface area contributed by atoms with Crippen LogP contribution in [-0.4, -0.2) is 38.8 Å². The van der Waals surface area contributed by atoms with Crippen LogP contribution in [0.2, 0.25) is 0 Å². The number of nitrogens with one attached hydrogen (secondary N) is 1. The predicted octanol–water partition coefficient (Wildman–Crippen LogP) is 4.76. The standard InChI is InChI=1S/C24H28N6O3/c1-15-20(23-25-11-12-33-23)27-24(26-14-17-9-10-18(31-2)13-19(17)32-3)30-22(15)28-21(29-30)16-7-5-4-6-8-16/h9-13,16H,4-8,14H2,1-3H3,(H,26,27). The Kier molecular flexibility index (Phi) is 5.85. The zero-order chi connectivity index (χ0) is 22.8. The Labute approximate surface area is 192 Å². The van der Waals surface area contributed by atoms with E-state index in [-0.39, 0.29) is 0 Å². The number of hydrogen-bond donors (Lipinski definition) is 1. The summed E-state index contributed by atoms with van der Waals surface area (Å²) < 4.78 is 18.2. The summed E-state index contributed by atoms with van der Waals surface area (Å²) in [6.45, 7) is 2.47. The number of benzene rings is 1. The molecule has 0 aliphatic heterocycles. The Balaban J connectivity index is 1.55. The number of nitrogens with zero attached hydrogens (tertiary/aromatic N) is 5. The molecule has 0 atom stereocenters. The zero-order valence-electron chi connectivity index (χ0n) is 19.2. The van der Waals surface area contributed by atoms with Crippen molar-refractivity contribution in [3.63, 3.8) is 0 Å². The molecule has 0 bridgehead atoms. The van der Waals surface area contributed by atoms with Gasteiger partial charge in [-0.15, -0.1) is 5.10 Å². The summed E-state index contributed by atoms with van der Waals surface area (Å²) in [5.41, 5.74) is 3.28. The van der Waals surface area contributed by atoms with Crippen molar-refractivity contribution in [1.82, 2.24) is 24.6 Å². The number of aryl methyl sites for hydroxylation is 1. The molecule has 5 rings (SSSR count). The van der Waals surface area contributed by atoms with Gasteiger partial charge in [-0.25, -0.2) is 15.0 Å². The van der Waals surface area contributed by atoms with Gasteiger partial charge in [-0.05, 0) is 31.9 Å². The summed E-state index contributed by atoms with van der Waals surface area (Å²) in [6, 6.07) is 5.75. The summed E-state index contributed by atoms with van der Waals surface area (Å²) in [4.78, 5) is 14.1. The van der Waals surface area contributed by atoms with Gasteiger partial charge in [-0.3, -0.25) is 0 Å². The molecule has 1 aliphatic carbocycles. The maximum absolute atomic E-state index is 5.56. The predicted molar refractivity (Wildman–Crippen MR) is 124 cm³/mol. The molecule has 0 amide bonds. The van der Waals surface area contributed by atoms with Crippen molar-refractivity contribution in [2.45, 2.75) is 51.5 Å². The van der Waals surface area contributed by atoms with Gasteiger partial charge in [0.25, 0.3) is 0 Å². The number of fused-ring (bicyclic) bond motifs is 1. The molecule has 3 heterocycles. The fraction of sp³-hybridized carbons (Fsp3) is 0.417. The number of ether oxygens (including phenoxy) is 2. The molecule has 4 aromatic rings. The van der Waals surface area contributed by atoms with Gasteiger partial charge in [0.05, 0.1) is 20.4 Å². The number of aromatic nitrogens is 5. The van der Waals surface area contributed by atoms with Crippen LogP contribution in [0.1, 0.15) is 55.0 Å². The van der Waals surface area contributed by atoms with Crippen LogP contribution in [0, 0.1) is 6.92 Å². The molecular formula is C24H28N6O3. The minimum absolute atomic E-state index is 0.387. The SMILES string of the molecule is COc1ccc(CNc2nc(-c3ncco3)c(C)c3nc(C4CCCCC4)nn23)c(OC)c1. The second-order valence-electron chi connectivity index (χ2n) is 8.32. The summed E-state index contributed by atoms with van der Waals surface area (Å²) in [6.07, 6.45) is 9.15. The fourth-order valence-electron chi connectivity index (χ4n) is 4.43. The third-order valence-corrected chi connectivity index (χ3v) is 6.27. The highest BCUT2D eigenvalue weighted by Crippen LogP contribution is 2.33. The van der Waals surface area contributed by atoms with Crippen LogP contribution in [0.15, 0.2) is 35.1 Å². The lowest BCUT2D eigenvalue weighted by molar-refractivity contribution is 0.391. The van der Waals surface area contributed by atoms with Gasteiger partial charge in [0.2, 0.25) is 11.8 Å². The van der Waals surface area contributed by atoms with E-state index in [1.54, 1.807) is 26.7 Å². The molecule has 1 N–H and O–H groups in total. The van der Waals surface area contributed by atoms with Crippen molar-refractivity contribution in [2.24, 2.45) is 0 Å². The zero-order valence-corrected chi connectivity index (χ0v) is 19.2. The molecule has 9 nitrogen and oxygen atoms in total. The molecule has 33 heavy (non-hydrogen) atoms. The third-order valence-electron chi connectivity index (χ3n) is 6.27. The molecule has 1 saturated carbocycles. The summed E-state index contributed by atoms with van der Waals surface area (Å²) in [5.74, 6) is 3.79. The van der Waals surface area contributed by atoms with Gasteiger partial charge >= 0.3 is 0 Å². The maximum atomic E-state index is 5.56. The first kappa shape index (κ1) is 21.2. The molecule has 9 heteroatoms. The van der Waals surface area contributed by atoms with Crippen LogP contribution >= 0.6 is 0 Å².